The lowest BCUT2D eigenvalue weighted by molar-refractivity contribution is 1.09. The maximum Gasteiger partial charge on any atom is 0.205 e. The lowest BCUT2D eigenvalue weighted by Gasteiger charge is -2.09. The Morgan fingerprint density at radius 3 is 2.44 bits per heavy atom. The molecule has 0 fully saturated rings. The van der Waals surface area contributed by atoms with Crippen LogP contribution in [0.1, 0.15) is 11.1 Å². The monoisotopic (exact) mass is 237 g/mol. The molecular weight excluding hydrogens is 222 g/mol. The molecule has 0 saturated carbocycles. The molecule has 0 aliphatic heterocycles. The topological polar surface area (TPSA) is 43.8 Å². The Morgan fingerprint density at radius 2 is 1.67 bits per heavy atom. The molecule has 3 heteroatoms. The van der Waals surface area contributed by atoms with E-state index in [1.807, 2.05) is 22.8 Å². The molecule has 2 aromatic carbocycles. The predicted molar refractivity (Wildman–Crippen MR) is 75.0 cm³/mol. The van der Waals surface area contributed by atoms with Crippen molar-refractivity contribution < 1.29 is 0 Å². The molecule has 0 amide bonds. The number of hydrogen-bond donors (Lipinski definition) is 1. The minimum atomic E-state index is 0.536. The molecule has 1 heterocycles. The molecule has 3 aromatic rings. The van der Waals surface area contributed by atoms with Gasteiger partial charge in [0.15, 0.2) is 0 Å². The van der Waals surface area contributed by atoms with E-state index in [1.54, 1.807) is 0 Å². The van der Waals surface area contributed by atoms with E-state index in [1.165, 1.54) is 5.56 Å². The number of benzene rings is 2. The van der Waals surface area contributed by atoms with Gasteiger partial charge in [-0.05, 0) is 37.1 Å². The van der Waals surface area contributed by atoms with Crippen molar-refractivity contribution in [2.45, 2.75) is 13.8 Å². The van der Waals surface area contributed by atoms with Crippen molar-refractivity contribution in [3.8, 4) is 5.69 Å². The van der Waals surface area contributed by atoms with E-state index in [0.717, 1.165) is 22.3 Å². The lowest BCUT2D eigenvalue weighted by Crippen LogP contribution is -2.02. The van der Waals surface area contributed by atoms with Crippen LogP contribution in [0.5, 0.6) is 0 Å². The van der Waals surface area contributed by atoms with Gasteiger partial charge in [-0.25, -0.2) is 4.98 Å². The third-order valence-corrected chi connectivity index (χ3v) is 3.27. The number of nitrogens with two attached hydrogens (primary N) is 1. The number of imidazole rings is 1. The maximum atomic E-state index is 6.07. The van der Waals surface area contributed by atoms with Crippen molar-refractivity contribution in [2.75, 3.05) is 5.73 Å². The van der Waals surface area contributed by atoms with Gasteiger partial charge in [0.1, 0.15) is 0 Å². The number of nitrogen functional groups attached to an aromatic ring is 1. The zero-order valence-electron chi connectivity index (χ0n) is 10.5. The van der Waals surface area contributed by atoms with E-state index in [-0.39, 0.29) is 0 Å². The molecule has 90 valence electrons. The van der Waals surface area contributed by atoms with Crippen molar-refractivity contribution >= 4 is 17.0 Å². The van der Waals surface area contributed by atoms with Gasteiger partial charge in [0, 0.05) is 0 Å². The van der Waals surface area contributed by atoms with E-state index in [4.69, 9.17) is 5.73 Å². The summed E-state index contributed by atoms with van der Waals surface area (Å²) in [7, 11) is 0. The first-order valence-electron chi connectivity index (χ1n) is 5.98. The third-order valence-electron chi connectivity index (χ3n) is 3.27. The van der Waals surface area contributed by atoms with E-state index in [9.17, 15) is 0 Å². The molecule has 0 spiro atoms. The molecule has 18 heavy (non-hydrogen) atoms. The van der Waals surface area contributed by atoms with Crippen molar-refractivity contribution in [3.63, 3.8) is 0 Å². The Hall–Kier alpha value is -2.29. The summed E-state index contributed by atoms with van der Waals surface area (Å²) in [6.07, 6.45) is 0. The zero-order valence-corrected chi connectivity index (χ0v) is 10.5. The summed E-state index contributed by atoms with van der Waals surface area (Å²) in [5, 5.41) is 0. The quantitative estimate of drug-likeness (QED) is 0.706. The molecule has 0 saturated heterocycles. The first-order chi connectivity index (χ1) is 8.68. The van der Waals surface area contributed by atoms with Crippen LogP contribution < -0.4 is 5.73 Å². The van der Waals surface area contributed by atoms with Gasteiger partial charge in [0.05, 0.1) is 16.7 Å². The Kier molecular flexibility index (Phi) is 2.33. The normalized spacial score (nSPS) is 11.0. The van der Waals surface area contributed by atoms with Gasteiger partial charge in [-0.15, -0.1) is 0 Å². The van der Waals surface area contributed by atoms with Crippen LogP contribution in [0.4, 0.5) is 5.95 Å². The Morgan fingerprint density at radius 1 is 0.944 bits per heavy atom. The number of aryl methyl sites for hydroxylation is 2. The minimum Gasteiger partial charge on any atom is -0.369 e. The molecule has 0 aliphatic rings. The average Bonchev–Trinajstić information content (AvgIpc) is 2.68. The van der Waals surface area contributed by atoms with Crippen LogP contribution in [0.25, 0.3) is 16.7 Å². The predicted octanol–water partition coefficient (Wildman–Crippen LogP) is 3.22. The van der Waals surface area contributed by atoms with Gasteiger partial charge >= 0.3 is 0 Å². The second kappa shape index (κ2) is 3.88. The highest BCUT2D eigenvalue weighted by Gasteiger charge is 2.12. The summed E-state index contributed by atoms with van der Waals surface area (Å²) in [5.74, 6) is 0.536. The van der Waals surface area contributed by atoms with Crippen LogP contribution in [-0.4, -0.2) is 9.55 Å². The number of hydrogen-bond acceptors (Lipinski definition) is 2. The first kappa shape index (κ1) is 10.8. The summed E-state index contributed by atoms with van der Waals surface area (Å²) < 4.78 is 2.01. The van der Waals surface area contributed by atoms with Crippen LogP contribution in [-0.2, 0) is 0 Å². The van der Waals surface area contributed by atoms with Crippen LogP contribution in [0.15, 0.2) is 42.5 Å². The summed E-state index contributed by atoms with van der Waals surface area (Å²) in [4.78, 5) is 4.47. The minimum absolute atomic E-state index is 0.536. The fourth-order valence-corrected chi connectivity index (χ4v) is 2.32. The molecule has 2 N–H and O–H groups in total. The number of para-hydroxylation sites is 2. The number of anilines is 1. The smallest absolute Gasteiger partial charge is 0.205 e. The fourth-order valence-electron chi connectivity index (χ4n) is 2.32. The van der Waals surface area contributed by atoms with Gasteiger partial charge in [0.2, 0.25) is 5.95 Å². The first-order valence-corrected chi connectivity index (χ1v) is 5.98. The SMILES string of the molecule is Cc1ccccc1-n1c(N)nc2c(C)cccc21. The molecule has 0 bridgehead atoms. The molecule has 0 aliphatic carbocycles. The van der Waals surface area contributed by atoms with Gasteiger partial charge in [-0.2, -0.15) is 0 Å². The average molecular weight is 237 g/mol. The maximum absolute atomic E-state index is 6.07. The molecular formula is C15H15N3. The van der Waals surface area contributed by atoms with Crippen LogP contribution in [0, 0.1) is 13.8 Å². The van der Waals surface area contributed by atoms with Gasteiger partial charge in [-0.3, -0.25) is 4.57 Å². The van der Waals surface area contributed by atoms with Crippen molar-refractivity contribution in [3.05, 3.63) is 53.6 Å². The summed E-state index contributed by atoms with van der Waals surface area (Å²) in [6, 6.07) is 14.3. The Labute approximate surface area is 106 Å². The van der Waals surface area contributed by atoms with E-state index < -0.39 is 0 Å². The molecule has 3 rings (SSSR count). The largest absolute Gasteiger partial charge is 0.369 e. The summed E-state index contributed by atoms with van der Waals surface area (Å²) in [6.45, 7) is 4.13. The second-order valence-electron chi connectivity index (χ2n) is 4.53. The number of aromatic nitrogens is 2. The van der Waals surface area contributed by atoms with E-state index >= 15 is 0 Å². The summed E-state index contributed by atoms with van der Waals surface area (Å²) >= 11 is 0. The highest BCUT2D eigenvalue weighted by Crippen LogP contribution is 2.26. The molecule has 0 atom stereocenters. The van der Waals surface area contributed by atoms with E-state index in [0.29, 0.717) is 5.95 Å². The van der Waals surface area contributed by atoms with Crippen molar-refractivity contribution in [1.29, 1.82) is 0 Å². The number of fused-ring (bicyclic) bond motifs is 1. The number of rotatable bonds is 1. The van der Waals surface area contributed by atoms with Crippen molar-refractivity contribution in [1.82, 2.24) is 9.55 Å². The zero-order chi connectivity index (χ0) is 12.7. The second-order valence-corrected chi connectivity index (χ2v) is 4.53. The Balaban J connectivity index is 2.40. The highest BCUT2D eigenvalue weighted by atomic mass is 15.2. The highest BCUT2D eigenvalue weighted by molar-refractivity contribution is 5.83. The van der Waals surface area contributed by atoms with Gasteiger partial charge in [0.25, 0.3) is 0 Å². The van der Waals surface area contributed by atoms with Crippen molar-refractivity contribution in [2.24, 2.45) is 0 Å². The van der Waals surface area contributed by atoms with Crippen LogP contribution in [0.3, 0.4) is 0 Å². The van der Waals surface area contributed by atoms with Crippen LogP contribution >= 0.6 is 0 Å². The molecule has 1 aromatic heterocycles. The third kappa shape index (κ3) is 1.48. The van der Waals surface area contributed by atoms with Crippen LogP contribution in [0.2, 0.25) is 0 Å². The molecule has 0 radical (unpaired) electrons. The molecule has 3 nitrogen and oxygen atoms in total. The van der Waals surface area contributed by atoms with Gasteiger partial charge < -0.3 is 5.73 Å². The molecule has 0 unspecified atom stereocenters. The Bertz CT molecular complexity index is 726. The van der Waals surface area contributed by atoms with E-state index in [2.05, 4.69) is 43.1 Å². The fraction of sp³-hybridized carbons (Fsp3) is 0.133. The lowest BCUT2D eigenvalue weighted by atomic mass is 10.2. The van der Waals surface area contributed by atoms with Gasteiger partial charge in [-0.1, -0.05) is 30.3 Å². The summed E-state index contributed by atoms with van der Waals surface area (Å²) in [5.41, 5.74) is 11.5. The standard InChI is InChI=1S/C15H15N3/c1-10-6-3-4-8-12(10)18-13-9-5-7-11(2)14(13)17-15(18)16/h3-9H,1-2H3,(H2,16,17). The number of nitrogens with zero attached hydrogens (tertiary/aromatic N) is 2.